The van der Waals surface area contributed by atoms with Gasteiger partial charge in [0, 0.05) is 48.9 Å². The number of amides is 1. The van der Waals surface area contributed by atoms with Crippen molar-refractivity contribution in [3.63, 3.8) is 0 Å². The van der Waals surface area contributed by atoms with Crippen LogP contribution in [-0.4, -0.2) is 41.9 Å². The van der Waals surface area contributed by atoms with Crippen LogP contribution < -0.4 is 4.90 Å². The molecule has 0 N–H and O–H groups in total. The van der Waals surface area contributed by atoms with Crippen molar-refractivity contribution < 1.29 is 14.1 Å². The monoisotopic (exact) mass is 361 g/mol. The largest absolute Gasteiger partial charge is 0.368 e. The molecule has 25 heavy (non-hydrogen) atoms. The number of rotatable bonds is 4. The van der Waals surface area contributed by atoms with Gasteiger partial charge in [-0.2, -0.15) is 0 Å². The minimum absolute atomic E-state index is 0.0556. The number of nitro groups is 1. The zero-order chi connectivity index (χ0) is 17.8. The number of thiophene rings is 1. The molecule has 2 heterocycles. The highest BCUT2D eigenvalue weighted by Crippen LogP contribution is 2.25. The molecule has 8 heteroatoms. The van der Waals surface area contributed by atoms with E-state index >= 15 is 0 Å². The minimum Gasteiger partial charge on any atom is -0.368 e. The summed E-state index contributed by atoms with van der Waals surface area (Å²) in [4.78, 5) is 27.0. The second-order valence-electron chi connectivity index (χ2n) is 5.56. The van der Waals surface area contributed by atoms with Gasteiger partial charge in [-0.15, -0.1) is 0 Å². The highest BCUT2D eigenvalue weighted by Gasteiger charge is 2.20. The molecule has 1 saturated heterocycles. The summed E-state index contributed by atoms with van der Waals surface area (Å²) in [6.45, 7) is 2.50. The lowest BCUT2D eigenvalue weighted by molar-refractivity contribution is -0.380. The molecular weight excluding hydrogens is 345 g/mol. The third kappa shape index (κ3) is 4.21. The van der Waals surface area contributed by atoms with E-state index in [1.165, 1.54) is 24.3 Å². The van der Waals surface area contributed by atoms with Crippen LogP contribution >= 0.6 is 11.3 Å². The Morgan fingerprint density at radius 3 is 2.40 bits per heavy atom. The summed E-state index contributed by atoms with van der Waals surface area (Å²) in [7, 11) is 0. The number of anilines is 1. The number of carbonyl (C=O) groups is 1. The molecule has 0 atom stereocenters. The predicted octanol–water partition coefficient (Wildman–Crippen LogP) is 3.16. The van der Waals surface area contributed by atoms with E-state index in [1.54, 1.807) is 29.2 Å². The Morgan fingerprint density at radius 1 is 1.12 bits per heavy atom. The van der Waals surface area contributed by atoms with E-state index in [9.17, 15) is 19.3 Å². The van der Waals surface area contributed by atoms with E-state index in [-0.39, 0.29) is 16.7 Å². The normalized spacial score (nSPS) is 14.9. The maximum atomic E-state index is 13.0. The number of nitrogens with zero attached hydrogens (tertiary/aromatic N) is 3. The van der Waals surface area contributed by atoms with Crippen LogP contribution in [0, 0.1) is 15.9 Å². The van der Waals surface area contributed by atoms with Gasteiger partial charge in [0.15, 0.2) is 0 Å². The molecule has 1 amide bonds. The van der Waals surface area contributed by atoms with Crippen molar-refractivity contribution in [3.8, 4) is 0 Å². The summed E-state index contributed by atoms with van der Waals surface area (Å²) >= 11 is 1.03. The number of halogens is 1. The summed E-state index contributed by atoms with van der Waals surface area (Å²) in [5.74, 6) is -0.383. The Balaban J connectivity index is 1.55. The second-order valence-corrected chi connectivity index (χ2v) is 6.65. The van der Waals surface area contributed by atoms with Crippen molar-refractivity contribution in [2.24, 2.45) is 0 Å². The van der Waals surface area contributed by atoms with E-state index in [1.807, 2.05) is 0 Å². The molecule has 0 bridgehead atoms. The molecule has 1 aliphatic rings. The Morgan fingerprint density at radius 2 is 1.80 bits per heavy atom. The highest BCUT2D eigenvalue weighted by atomic mass is 32.1. The van der Waals surface area contributed by atoms with Crippen LogP contribution in [0.15, 0.2) is 42.5 Å². The molecule has 2 aromatic rings. The van der Waals surface area contributed by atoms with Crippen molar-refractivity contribution in [3.05, 3.63) is 63.3 Å². The quantitative estimate of drug-likeness (QED) is 0.477. The molecule has 1 aromatic carbocycles. The second kappa shape index (κ2) is 7.43. The Bertz CT molecular complexity index is 796. The average Bonchev–Trinajstić information content (AvgIpc) is 3.10. The smallest absolute Gasteiger partial charge is 0.324 e. The van der Waals surface area contributed by atoms with Crippen molar-refractivity contribution in [2.75, 3.05) is 31.1 Å². The fourth-order valence-corrected chi connectivity index (χ4v) is 3.35. The Labute approximate surface area is 147 Å². The lowest BCUT2D eigenvalue weighted by Gasteiger charge is -2.35. The van der Waals surface area contributed by atoms with Gasteiger partial charge in [-0.05, 0) is 36.4 Å². The first kappa shape index (κ1) is 17.1. The van der Waals surface area contributed by atoms with Gasteiger partial charge in [0.05, 0.1) is 4.92 Å². The molecular formula is C17H16FN3O3S. The zero-order valence-electron chi connectivity index (χ0n) is 13.3. The lowest BCUT2D eigenvalue weighted by atomic mass is 10.2. The summed E-state index contributed by atoms with van der Waals surface area (Å²) in [6, 6.07) is 9.37. The van der Waals surface area contributed by atoms with Crippen molar-refractivity contribution in [1.29, 1.82) is 0 Å². The molecule has 130 valence electrons. The van der Waals surface area contributed by atoms with Gasteiger partial charge in [-0.1, -0.05) is 11.3 Å². The number of piperazine rings is 1. The molecule has 0 radical (unpaired) electrons. The van der Waals surface area contributed by atoms with Gasteiger partial charge in [0.25, 0.3) is 0 Å². The fourth-order valence-electron chi connectivity index (χ4n) is 2.63. The molecule has 3 rings (SSSR count). The first-order valence-corrected chi connectivity index (χ1v) is 8.56. The molecule has 0 aliphatic carbocycles. The van der Waals surface area contributed by atoms with Gasteiger partial charge in [0.2, 0.25) is 5.91 Å². The van der Waals surface area contributed by atoms with E-state index in [0.717, 1.165) is 17.0 Å². The van der Waals surface area contributed by atoms with E-state index in [2.05, 4.69) is 4.90 Å². The number of benzene rings is 1. The van der Waals surface area contributed by atoms with Crippen molar-refractivity contribution >= 4 is 34.0 Å². The van der Waals surface area contributed by atoms with Gasteiger partial charge in [-0.25, -0.2) is 4.39 Å². The third-order valence-electron chi connectivity index (χ3n) is 3.97. The van der Waals surface area contributed by atoms with E-state index in [0.29, 0.717) is 31.1 Å². The van der Waals surface area contributed by atoms with E-state index in [4.69, 9.17) is 0 Å². The lowest BCUT2D eigenvalue weighted by Crippen LogP contribution is -2.48. The molecule has 1 fully saturated rings. The first-order valence-electron chi connectivity index (χ1n) is 7.74. The summed E-state index contributed by atoms with van der Waals surface area (Å²) in [5.41, 5.74) is 0.940. The summed E-state index contributed by atoms with van der Waals surface area (Å²) in [6.07, 6.45) is 3.05. The number of carbonyl (C=O) groups excluding carboxylic acids is 1. The van der Waals surface area contributed by atoms with Crippen molar-refractivity contribution in [2.45, 2.75) is 0 Å². The Kier molecular flexibility index (Phi) is 5.08. The standard InChI is InChI=1S/C17H16FN3O3S/c18-13-1-3-14(4-2-13)19-9-11-20(12-10-19)16(22)7-5-15-6-8-17(25-15)21(23)24/h1-8H,9-12H2/b7-5+. The van der Waals surface area contributed by atoms with Crippen LogP contribution in [0.4, 0.5) is 15.1 Å². The average molecular weight is 361 g/mol. The predicted molar refractivity (Wildman–Crippen MR) is 95.2 cm³/mol. The molecule has 0 unspecified atom stereocenters. The van der Waals surface area contributed by atoms with Gasteiger partial charge in [0.1, 0.15) is 5.82 Å². The third-order valence-corrected chi connectivity index (χ3v) is 4.97. The fraction of sp³-hybridized carbons (Fsp3) is 0.235. The molecule has 0 spiro atoms. The van der Waals surface area contributed by atoms with Crippen LogP contribution in [0.1, 0.15) is 4.88 Å². The molecule has 1 aliphatic heterocycles. The van der Waals surface area contributed by atoms with Gasteiger partial charge < -0.3 is 9.80 Å². The van der Waals surface area contributed by atoms with Crippen LogP contribution in [0.3, 0.4) is 0 Å². The SMILES string of the molecule is O=C(/C=C/c1ccc([N+](=O)[O-])s1)N1CCN(c2ccc(F)cc2)CC1. The zero-order valence-corrected chi connectivity index (χ0v) is 14.1. The van der Waals surface area contributed by atoms with Gasteiger partial charge >= 0.3 is 5.00 Å². The highest BCUT2D eigenvalue weighted by molar-refractivity contribution is 7.16. The van der Waals surface area contributed by atoms with Crippen LogP contribution in [0.5, 0.6) is 0 Å². The summed E-state index contributed by atoms with van der Waals surface area (Å²) < 4.78 is 13.0. The molecule has 0 saturated carbocycles. The minimum atomic E-state index is -0.446. The maximum absolute atomic E-state index is 13.0. The van der Waals surface area contributed by atoms with Crippen LogP contribution in [0.2, 0.25) is 0 Å². The Hall–Kier alpha value is -2.74. The summed E-state index contributed by atoms with van der Waals surface area (Å²) in [5, 5.41) is 10.7. The van der Waals surface area contributed by atoms with Crippen LogP contribution in [-0.2, 0) is 4.79 Å². The number of hydrogen-bond donors (Lipinski definition) is 0. The topological polar surface area (TPSA) is 66.7 Å². The number of hydrogen-bond acceptors (Lipinski definition) is 5. The molecule has 1 aromatic heterocycles. The van der Waals surface area contributed by atoms with Crippen LogP contribution in [0.25, 0.3) is 6.08 Å². The van der Waals surface area contributed by atoms with Crippen molar-refractivity contribution in [1.82, 2.24) is 4.90 Å². The van der Waals surface area contributed by atoms with Gasteiger partial charge in [-0.3, -0.25) is 14.9 Å². The first-order chi connectivity index (χ1) is 12.0. The van der Waals surface area contributed by atoms with E-state index < -0.39 is 4.92 Å². The molecule has 6 nitrogen and oxygen atoms in total. The maximum Gasteiger partial charge on any atom is 0.324 e.